The highest BCUT2D eigenvalue weighted by atomic mass is 16.1. The topological polar surface area (TPSA) is 17.1 Å². The van der Waals surface area contributed by atoms with Crippen LogP contribution in [0.1, 0.15) is 112 Å². The number of carbonyl (C=O) groups is 1. The number of rotatable bonds is 5. The Morgan fingerprint density at radius 2 is 1.77 bits per heavy atom. The van der Waals surface area contributed by atoms with Gasteiger partial charge in [0.05, 0.1) is 0 Å². The van der Waals surface area contributed by atoms with E-state index in [0.717, 1.165) is 36.5 Å². The zero-order valence-electron chi connectivity index (χ0n) is 20.5. The van der Waals surface area contributed by atoms with Crippen LogP contribution < -0.4 is 0 Å². The van der Waals surface area contributed by atoms with Gasteiger partial charge in [-0.25, -0.2) is 0 Å². The van der Waals surface area contributed by atoms with Crippen LogP contribution >= 0.6 is 0 Å². The molecule has 0 radical (unpaired) electrons. The van der Waals surface area contributed by atoms with Crippen LogP contribution in [0, 0.1) is 51.2 Å². The number of hydrogen-bond donors (Lipinski definition) is 0. The zero-order chi connectivity index (χ0) is 21.5. The average Bonchev–Trinajstić information content (AvgIpc) is 3.28. The first-order valence-electron chi connectivity index (χ1n) is 13.3. The summed E-state index contributed by atoms with van der Waals surface area (Å²) in [5, 5.41) is 0. The van der Waals surface area contributed by atoms with Gasteiger partial charge in [0.2, 0.25) is 0 Å². The summed E-state index contributed by atoms with van der Waals surface area (Å²) in [4.78, 5) is 12.2. The van der Waals surface area contributed by atoms with E-state index in [-0.39, 0.29) is 0 Å². The van der Waals surface area contributed by atoms with Gasteiger partial charge in [-0.3, -0.25) is 4.79 Å². The molecule has 8 atom stereocenters. The molecule has 0 heterocycles. The summed E-state index contributed by atoms with van der Waals surface area (Å²) in [6.45, 7) is 16.9. The maximum atomic E-state index is 12.2. The van der Waals surface area contributed by atoms with Gasteiger partial charge in [0.1, 0.15) is 5.78 Å². The van der Waals surface area contributed by atoms with Crippen LogP contribution in [0.4, 0.5) is 0 Å². The Morgan fingerprint density at radius 1 is 1.00 bits per heavy atom. The van der Waals surface area contributed by atoms with Crippen LogP contribution in [-0.4, -0.2) is 5.78 Å². The normalized spacial score (nSPS) is 50.3. The van der Waals surface area contributed by atoms with Gasteiger partial charge in [-0.15, -0.1) is 0 Å². The van der Waals surface area contributed by atoms with Gasteiger partial charge in [-0.1, -0.05) is 46.8 Å². The molecule has 30 heavy (non-hydrogen) atoms. The van der Waals surface area contributed by atoms with Crippen molar-refractivity contribution in [3.63, 3.8) is 0 Å². The molecule has 5 aliphatic rings. The molecule has 2 spiro atoms. The van der Waals surface area contributed by atoms with E-state index >= 15 is 0 Å². The van der Waals surface area contributed by atoms with Crippen LogP contribution in [-0.2, 0) is 4.79 Å². The van der Waals surface area contributed by atoms with E-state index in [1.807, 2.05) is 0 Å². The summed E-state index contributed by atoms with van der Waals surface area (Å²) in [5.41, 5.74) is 3.68. The van der Waals surface area contributed by atoms with Gasteiger partial charge < -0.3 is 0 Å². The minimum absolute atomic E-state index is 0.516. The lowest BCUT2D eigenvalue weighted by atomic mass is 9.43. The molecule has 0 N–H and O–H groups in total. The van der Waals surface area contributed by atoms with Gasteiger partial charge in [0.25, 0.3) is 0 Å². The third-order valence-electron chi connectivity index (χ3n) is 12.5. The Labute approximate surface area is 185 Å². The zero-order valence-corrected chi connectivity index (χ0v) is 20.5. The summed E-state index contributed by atoms with van der Waals surface area (Å²) in [5.74, 6) is 4.56. The Morgan fingerprint density at radius 3 is 2.50 bits per heavy atom. The highest BCUT2D eigenvalue weighted by Gasteiger charge is 2.80. The molecule has 168 valence electrons. The van der Waals surface area contributed by atoms with E-state index in [0.29, 0.717) is 33.4 Å². The molecule has 5 aliphatic carbocycles. The average molecular weight is 411 g/mol. The maximum absolute atomic E-state index is 12.2. The molecule has 1 nitrogen and oxygen atoms in total. The number of allylic oxidation sites excluding steroid dienone is 1. The van der Waals surface area contributed by atoms with E-state index in [1.54, 1.807) is 0 Å². The second-order valence-corrected chi connectivity index (χ2v) is 13.4. The van der Waals surface area contributed by atoms with Crippen molar-refractivity contribution in [2.45, 2.75) is 112 Å². The van der Waals surface area contributed by atoms with Crippen LogP contribution in [0.25, 0.3) is 0 Å². The maximum Gasteiger partial charge on any atom is 0.133 e. The van der Waals surface area contributed by atoms with Crippen LogP contribution in [0.15, 0.2) is 12.2 Å². The molecular weight excluding hydrogens is 364 g/mol. The van der Waals surface area contributed by atoms with E-state index in [4.69, 9.17) is 0 Å². The van der Waals surface area contributed by atoms with Crippen molar-refractivity contribution in [1.82, 2.24) is 0 Å². The first-order chi connectivity index (χ1) is 14.1. The molecule has 0 aromatic heterocycles. The van der Waals surface area contributed by atoms with E-state index < -0.39 is 0 Å². The molecule has 0 bridgehead atoms. The number of fused-ring (bicyclic) bond motifs is 2. The van der Waals surface area contributed by atoms with Gasteiger partial charge in [0.15, 0.2) is 0 Å². The Kier molecular flexibility index (Phi) is 4.75. The van der Waals surface area contributed by atoms with Gasteiger partial charge >= 0.3 is 0 Å². The standard InChI is InChI=1S/C29H46O/c1-19(2)20(3)7-8-21(4)24-12-13-27(6)25-10-9-22-17-23(30)11-14-28(22)18-29(25,28)16-15-26(24,27)5/h19,21-22,24-25H,3,7-18H2,1-2,4-6H3/t21-,22?,24?,25+,26+,27-,28-,29+/m0/s1. The van der Waals surface area contributed by atoms with E-state index in [2.05, 4.69) is 41.2 Å². The number of ketones is 1. The molecule has 0 saturated heterocycles. The number of Topliss-reactive ketones (excluding diaryl/α,β-unsaturated/α-hetero) is 1. The summed E-state index contributed by atoms with van der Waals surface area (Å²) >= 11 is 0. The Balaban J connectivity index is 1.37. The van der Waals surface area contributed by atoms with Crippen molar-refractivity contribution >= 4 is 5.78 Å². The molecule has 5 saturated carbocycles. The third kappa shape index (κ3) is 2.56. The summed E-state index contributed by atoms with van der Waals surface area (Å²) in [6, 6.07) is 0. The summed E-state index contributed by atoms with van der Waals surface area (Å²) in [7, 11) is 0. The molecular formula is C29H46O. The number of hydrogen-bond acceptors (Lipinski definition) is 1. The van der Waals surface area contributed by atoms with Crippen LogP contribution in [0.5, 0.6) is 0 Å². The fourth-order valence-corrected chi connectivity index (χ4v) is 10.3. The predicted molar refractivity (Wildman–Crippen MR) is 125 cm³/mol. The van der Waals surface area contributed by atoms with Gasteiger partial charge in [0, 0.05) is 12.8 Å². The molecule has 0 aromatic rings. The van der Waals surface area contributed by atoms with Crippen molar-refractivity contribution in [2.75, 3.05) is 0 Å². The SMILES string of the molecule is C=C(CC[C@H](C)C1CC[C@@]2(C)[C@H]3CCC4CC(=O)CC[C@]45C[C@]35CC[C@]12C)C(C)C. The largest absolute Gasteiger partial charge is 0.300 e. The third-order valence-corrected chi connectivity index (χ3v) is 12.5. The van der Waals surface area contributed by atoms with Crippen molar-refractivity contribution in [2.24, 2.45) is 51.2 Å². The number of carbonyl (C=O) groups excluding carboxylic acids is 1. The minimum Gasteiger partial charge on any atom is -0.300 e. The quantitative estimate of drug-likeness (QED) is 0.420. The fraction of sp³-hybridized carbons (Fsp3) is 0.897. The smallest absolute Gasteiger partial charge is 0.133 e. The van der Waals surface area contributed by atoms with E-state index in [1.165, 1.54) is 69.8 Å². The lowest BCUT2D eigenvalue weighted by molar-refractivity contribution is -0.139. The molecule has 5 fully saturated rings. The molecule has 0 aliphatic heterocycles. The van der Waals surface area contributed by atoms with Crippen LogP contribution in [0.2, 0.25) is 0 Å². The first-order valence-corrected chi connectivity index (χ1v) is 13.3. The minimum atomic E-state index is 0.516. The van der Waals surface area contributed by atoms with Crippen molar-refractivity contribution in [3.05, 3.63) is 12.2 Å². The van der Waals surface area contributed by atoms with E-state index in [9.17, 15) is 4.79 Å². The van der Waals surface area contributed by atoms with Gasteiger partial charge in [-0.05, 0) is 115 Å². The summed E-state index contributed by atoms with van der Waals surface area (Å²) in [6.07, 6.45) is 15.6. The highest BCUT2D eigenvalue weighted by Crippen LogP contribution is 2.87. The molecule has 1 heteroatoms. The fourth-order valence-electron chi connectivity index (χ4n) is 10.3. The van der Waals surface area contributed by atoms with Gasteiger partial charge in [-0.2, -0.15) is 0 Å². The summed E-state index contributed by atoms with van der Waals surface area (Å²) < 4.78 is 0. The second kappa shape index (κ2) is 6.71. The Bertz CT molecular complexity index is 749. The van der Waals surface area contributed by atoms with Crippen molar-refractivity contribution in [1.29, 1.82) is 0 Å². The first kappa shape index (κ1) is 21.3. The monoisotopic (exact) mass is 410 g/mol. The second-order valence-electron chi connectivity index (χ2n) is 13.4. The molecule has 5 rings (SSSR count). The predicted octanol–water partition coefficient (Wildman–Crippen LogP) is 7.99. The van der Waals surface area contributed by atoms with Crippen LogP contribution in [0.3, 0.4) is 0 Å². The lowest BCUT2D eigenvalue weighted by Crippen LogP contribution is -2.54. The van der Waals surface area contributed by atoms with Crippen molar-refractivity contribution < 1.29 is 4.79 Å². The lowest BCUT2D eigenvalue weighted by Gasteiger charge is -2.61. The Hall–Kier alpha value is -0.590. The molecule has 2 unspecified atom stereocenters. The molecule has 0 amide bonds. The van der Waals surface area contributed by atoms with Crippen molar-refractivity contribution in [3.8, 4) is 0 Å². The molecule has 0 aromatic carbocycles. The highest BCUT2D eigenvalue weighted by molar-refractivity contribution is 5.80.